The summed E-state index contributed by atoms with van der Waals surface area (Å²) in [6, 6.07) is 4.99. The Morgan fingerprint density at radius 2 is 1.94 bits per heavy atom. The van der Waals surface area contributed by atoms with E-state index in [-0.39, 0.29) is 6.04 Å². The number of carbonyl (C=O) groups excluding carboxylic acids is 2. The molecular weight excluding hydrogens is 236 g/mol. The SMILES string of the molecule is COc1ccc(OC)c(C2CNC(=O)C(=O)N2)c1. The second-order valence-corrected chi connectivity index (χ2v) is 3.84. The lowest BCUT2D eigenvalue weighted by molar-refractivity contribution is -0.141. The molecule has 2 N–H and O–H groups in total. The summed E-state index contributed by atoms with van der Waals surface area (Å²) in [4.78, 5) is 22.4. The van der Waals surface area contributed by atoms with E-state index in [0.29, 0.717) is 18.0 Å². The average molecular weight is 250 g/mol. The summed E-state index contributed by atoms with van der Waals surface area (Å²) in [7, 11) is 3.11. The van der Waals surface area contributed by atoms with Crippen LogP contribution in [0, 0.1) is 0 Å². The fraction of sp³-hybridized carbons (Fsp3) is 0.333. The Morgan fingerprint density at radius 3 is 2.56 bits per heavy atom. The zero-order valence-corrected chi connectivity index (χ0v) is 10.1. The molecule has 0 radical (unpaired) electrons. The molecule has 0 aliphatic carbocycles. The van der Waals surface area contributed by atoms with Gasteiger partial charge in [0.25, 0.3) is 0 Å². The van der Waals surface area contributed by atoms with Crippen LogP contribution in [0.3, 0.4) is 0 Å². The first kappa shape index (κ1) is 12.2. The van der Waals surface area contributed by atoms with Crippen LogP contribution in [0.4, 0.5) is 0 Å². The lowest BCUT2D eigenvalue weighted by Crippen LogP contribution is -2.51. The van der Waals surface area contributed by atoms with E-state index in [4.69, 9.17) is 9.47 Å². The van der Waals surface area contributed by atoms with Gasteiger partial charge in [-0.05, 0) is 18.2 Å². The van der Waals surface area contributed by atoms with Gasteiger partial charge in [-0.1, -0.05) is 0 Å². The number of carbonyl (C=O) groups is 2. The zero-order valence-electron chi connectivity index (χ0n) is 10.1. The lowest BCUT2D eigenvalue weighted by Gasteiger charge is -2.25. The number of rotatable bonds is 3. The fourth-order valence-corrected chi connectivity index (χ4v) is 1.85. The summed E-state index contributed by atoms with van der Waals surface area (Å²) < 4.78 is 10.4. The summed E-state index contributed by atoms with van der Waals surface area (Å²) in [5.74, 6) is 0.0402. The Bertz CT molecular complexity index is 487. The molecular formula is C12H14N2O4. The van der Waals surface area contributed by atoms with Gasteiger partial charge in [0.1, 0.15) is 11.5 Å². The number of benzene rings is 1. The Morgan fingerprint density at radius 1 is 1.17 bits per heavy atom. The third-order valence-corrected chi connectivity index (χ3v) is 2.79. The van der Waals surface area contributed by atoms with Gasteiger partial charge < -0.3 is 20.1 Å². The van der Waals surface area contributed by atoms with E-state index < -0.39 is 11.8 Å². The van der Waals surface area contributed by atoms with Crippen molar-refractivity contribution in [2.45, 2.75) is 6.04 Å². The molecule has 2 amide bonds. The minimum Gasteiger partial charge on any atom is -0.497 e. The Labute approximate surface area is 104 Å². The summed E-state index contributed by atoms with van der Waals surface area (Å²) in [5, 5.41) is 5.14. The standard InChI is InChI=1S/C12H14N2O4/c1-17-7-3-4-10(18-2)8(5-7)9-6-13-11(15)12(16)14-9/h3-5,9H,6H2,1-2H3,(H,13,15)(H,14,16). The van der Waals surface area contributed by atoms with Crippen LogP contribution in [-0.4, -0.2) is 32.6 Å². The molecule has 1 aliphatic heterocycles. The minimum atomic E-state index is -0.642. The molecule has 6 heteroatoms. The van der Waals surface area contributed by atoms with Crippen molar-refractivity contribution in [1.82, 2.24) is 10.6 Å². The van der Waals surface area contributed by atoms with Crippen molar-refractivity contribution in [1.29, 1.82) is 0 Å². The van der Waals surface area contributed by atoms with Crippen LogP contribution >= 0.6 is 0 Å². The van der Waals surface area contributed by atoms with E-state index in [2.05, 4.69) is 10.6 Å². The number of ether oxygens (including phenoxy) is 2. The predicted molar refractivity (Wildman–Crippen MR) is 63.4 cm³/mol. The molecule has 0 spiro atoms. The highest BCUT2D eigenvalue weighted by molar-refractivity contribution is 6.35. The van der Waals surface area contributed by atoms with E-state index >= 15 is 0 Å². The van der Waals surface area contributed by atoms with Crippen molar-refractivity contribution < 1.29 is 19.1 Å². The van der Waals surface area contributed by atoms with Crippen LogP contribution in [0.15, 0.2) is 18.2 Å². The Balaban J connectivity index is 2.31. The van der Waals surface area contributed by atoms with Crippen LogP contribution in [-0.2, 0) is 9.59 Å². The smallest absolute Gasteiger partial charge is 0.309 e. The first-order chi connectivity index (χ1) is 8.65. The zero-order chi connectivity index (χ0) is 13.1. The summed E-state index contributed by atoms with van der Waals surface area (Å²) in [5.41, 5.74) is 0.769. The normalized spacial score (nSPS) is 18.9. The Kier molecular flexibility index (Phi) is 3.36. The highest BCUT2D eigenvalue weighted by Crippen LogP contribution is 2.29. The molecule has 1 fully saturated rings. The minimum absolute atomic E-state index is 0.319. The molecule has 1 aromatic rings. The van der Waals surface area contributed by atoms with E-state index in [1.54, 1.807) is 32.4 Å². The van der Waals surface area contributed by atoms with E-state index in [1.807, 2.05) is 0 Å². The quantitative estimate of drug-likeness (QED) is 0.740. The number of piperazine rings is 1. The van der Waals surface area contributed by atoms with Gasteiger partial charge in [-0.2, -0.15) is 0 Å². The second kappa shape index (κ2) is 4.95. The number of methoxy groups -OCH3 is 2. The van der Waals surface area contributed by atoms with Gasteiger partial charge in [0, 0.05) is 12.1 Å². The molecule has 1 unspecified atom stereocenters. The highest BCUT2D eigenvalue weighted by atomic mass is 16.5. The van der Waals surface area contributed by atoms with Crippen molar-refractivity contribution in [3.05, 3.63) is 23.8 Å². The summed E-state index contributed by atoms with van der Waals surface area (Å²) in [6.07, 6.45) is 0. The number of hydrogen-bond acceptors (Lipinski definition) is 4. The molecule has 1 saturated heterocycles. The molecule has 1 aromatic carbocycles. The third-order valence-electron chi connectivity index (χ3n) is 2.79. The molecule has 1 heterocycles. The first-order valence-corrected chi connectivity index (χ1v) is 5.46. The van der Waals surface area contributed by atoms with E-state index in [1.165, 1.54) is 0 Å². The molecule has 6 nitrogen and oxygen atoms in total. The molecule has 2 rings (SSSR count). The lowest BCUT2D eigenvalue weighted by atomic mass is 10.0. The van der Waals surface area contributed by atoms with Gasteiger partial charge in [-0.25, -0.2) is 0 Å². The van der Waals surface area contributed by atoms with Gasteiger partial charge >= 0.3 is 11.8 Å². The molecule has 0 saturated carbocycles. The maximum Gasteiger partial charge on any atom is 0.309 e. The average Bonchev–Trinajstić information content (AvgIpc) is 2.41. The van der Waals surface area contributed by atoms with E-state index in [0.717, 1.165) is 5.56 Å². The van der Waals surface area contributed by atoms with Crippen molar-refractivity contribution in [2.75, 3.05) is 20.8 Å². The molecule has 0 bridgehead atoms. The van der Waals surface area contributed by atoms with Gasteiger partial charge in [-0.15, -0.1) is 0 Å². The summed E-state index contributed by atoms with van der Waals surface area (Å²) >= 11 is 0. The number of hydrogen-bond donors (Lipinski definition) is 2. The highest BCUT2D eigenvalue weighted by Gasteiger charge is 2.28. The van der Waals surface area contributed by atoms with Crippen molar-refractivity contribution >= 4 is 11.8 Å². The molecule has 18 heavy (non-hydrogen) atoms. The second-order valence-electron chi connectivity index (χ2n) is 3.84. The predicted octanol–water partition coefficient (Wildman–Crippen LogP) is -0.00910. The van der Waals surface area contributed by atoms with E-state index in [9.17, 15) is 9.59 Å². The maximum absolute atomic E-state index is 11.3. The first-order valence-electron chi connectivity index (χ1n) is 5.46. The molecule has 1 aliphatic rings. The molecule has 96 valence electrons. The molecule has 0 aromatic heterocycles. The summed E-state index contributed by atoms with van der Waals surface area (Å²) in [6.45, 7) is 0.327. The van der Waals surface area contributed by atoms with Gasteiger partial charge in [-0.3, -0.25) is 9.59 Å². The van der Waals surface area contributed by atoms with Crippen LogP contribution in [0.5, 0.6) is 11.5 Å². The monoisotopic (exact) mass is 250 g/mol. The van der Waals surface area contributed by atoms with Crippen LogP contribution in [0.1, 0.15) is 11.6 Å². The van der Waals surface area contributed by atoms with Crippen molar-refractivity contribution in [3.8, 4) is 11.5 Å². The maximum atomic E-state index is 11.3. The number of nitrogens with one attached hydrogen (secondary N) is 2. The topological polar surface area (TPSA) is 76.7 Å². The fourth-order valence-electron chi connectivity index (χ4n) is 1.85. The number of amides is 2. The third kappa shape index (κ3) is 2.22. The van der Waals surface area contributed by atoms with Crippen LogP contribution in [0.2, 0.25) is 0 Å². The van der Waals surface area contributed by atoms with Gasteiger partial charge in [0.2, 0.25) is 0 Å². The van der Waals surface area contributed by atoms with Crippen molar-refractivity contribution in [3.63, 3.8) is 0 Å². The van der Waals surface area contributed by atoms with Gasteiger partial charge in [0.05, 0.1) is 20.3 Å². The van der Waals surface area contributed by atoms with Crippen LogP contribution in [0.25, 0.3) is 0 Å². The Hall–Kier alpha value is -2.24. The van der Waals surface area contributed by atoms with Crippen molar-refractivity contribution in [2.24, 2.45) is 0 Å². The largest absolute Gasteiger partial charge is 0.497 e. The van der Waals surface area contributed by atoms with Crippen LogP contribution < -0.4 is 20.1 Å². The molecule has 1 atom stereocenters. The van der Waals surface area contributed by atoms with Gasteiger partial charge in [0.15, 0.2) is 0 Å².